The monoisotopic (exact) mass is 413 g/mol. The van der Waals surface area contributed by atoms with Crippen LogP contribution in [0.4, 0.5) is 5.69 Å². The lowest BCUT2D eigenvalue weighted by Gasteiger charge is -2.14. The standard InChI is InChI=1S/C21H23N3O2S2/c1-12-8-10-14(11-9-12)22-18(25)13(2)27-21-23-19-17(20(26)24(21)3)15-6-4-5-7-16(15)28-19/h8-11,13H,4-7H2,1-3H3,(H,22,25). The largest absolute Gasteiger partial charge is 0.325 e. The molecule has 0 saturated heterocycles. The number of nitrogens with zero attached hydrogens (tertiary/aromatic N) is 2. The minimum atomic E-state index is -0.369. The zero-order chi connectivity index (χ0) is 19.8. The fourth-order valence-electron chi connectivity index (χ4n) is 3.47. The zero-order valence-corrected chi connectivity index (χ0v) is 17.9. The minimum Gasteiger partial charge on any atom is -0.325 e. The van der Waals surface area contributed by atoms with Crippen LogP contribution < -0.4 is 10.9 Å². The molecule has 146 valence electrons. The number of carbonyl (C=O) groups is 1. The lowest BCUT2D eigenvalue weighted by Crippen LogP contribution is -2.25. The van der Waals surface area contributed by atoms with E-state index in [1.54, 1.807) is 23.0 Å². The van der Waals surface area contributed by atoms with Gasteiger partial charge in [0.05, 0.1) is 10.6 Å². The summed E-state index contributed by atoms with van der Waals surface area (Å²) in [5, 5.41) is 3.93. The van der Waals surface area contributed by atoms with Crippen molar-refractivity contribution in [2.45, 2.75) is 49.9 Å². The Morgan fingerprint density at radius 2 is 1.96 bits per heavy atom. The van der Waals surface area contributed by atoms with E-state index in [0.717, 1.165) is 40.7 Å². The predicted octanol–water partition coefficient (Wildman–Crippen LogP) is 4.30. The van der Waals surface area contributed by atoms with E-state index in [1.807, 2.05) is 38.1 Å². The smallest absolute Gasteiger partial charge is 0.262 e. The van der Waals surface area contributed by atoms with Crippen molar-refractivity contribution in [1.82, 2.24) is 9.55 Å². The molecule has 4 rings (SSSR count). The molecule has 0 radical (unpaired) electrons. The van der Waals surface area contributed by atoms with Crippen LogP contribution in [-0.2, 0) is 24.7 Å². The molecule has 2 aromatic heterocycles. The second kappa shape index (κ2) is 7.72. The van der Waals surface area contributed by atoms with Gasteiger partial charge in [-0.3, -0.25) is 14.2 Å². The third kappa shape index (κ3) is 3.61. The van der Waals surface area contributed by atoms with E-state index in [9.17, 15) is 9.59 Å². The first-order valence-corrected chi connectivity index (χ1v) is 11.2. The summed E-state index contributed by atoms with van der Waals surface area (Å²) in [7, 11) is 1.74. The summed E-state index contributed by atoms with van der Waals surface area (Å²) in [4.78, 5) is 32.4. The highest BCUT2D eigenvalue weighted by Gasteiger charge is 2.23. The maximum absolute atomic E-state index is 13.0. The molecule has 1 N–H and O–H groups in total. The van der Waals surface area contributed by atoms with Gasteiger partial charge in [-0.1, -0.05) is 29.5 Å². The molecule has 1 aromatic carbocycles. The molecule has 5 nitrogen and oxygen atoms in total. The van der Waals surface area contributed by atoms with E-state index in [4.69, 9.17) is 4.98 Å². The number of hydrogen-bond donors (Lipinski definition) is 1. The van der Waals surface area contributed by atoms with Gasteiger partial charge in [-0.15, -0.1) is 11.3 Å². The van der Waals surface area contributed by atoms with Gasteiger partial charge < -0.3 is 5.32 Å². The first-order valence-electron chi connectivity index (χ1n) is 9.49. The molecule has 0 saturated carbocycles. The molecule has 0 aliphatic heterocycles. The number of amides is 1. The predicted molar refractivity (Wildman–Crippen MR) is 117 cm³/mol. The van der Waals surface area contributed by atoms with Crippen LogP contribution in [0.3, 0.4) is 0 Å². The zero-order valence-electron chi connectivity index (χ0n) is 16.2. The Morgan fingerprint density at radius 1 is 1.25 bits per heavy atom. The lowest BCUT2D eigenvalue weighted by atomic mass is 9.97. The van der Waals surface area contributed by atoms with Crippen molar-refractivity contribution < 1.29 is 4.79 Å². The number of thiophene rings is 1. The van der Waals surface area contributed by atoms with Crippen molar-refractivity contribution in [2.75, 3.05) is 5.32 Å². The highest BCUT2D eigenvalue weighted by Crippen LogP contribution is 2.35. The van der Waals surface area contributed by atoms with Crippen LogP contribution in [0.25, 0.3) is 10.2 Å². The molecular weight excluding hydrogens is 390 g/mol. The van der Waals surface area contributed by atoms with E-state index in [0.29, 0.717) is 5.16 Å². The van der Waals surface area contributed by atoms with Crippen LogP contribution in [0.5, 0.6) is 0 Å². The third-order valence-electron chi connectivity index (χ3n) is 5.13. The molecule has 1 aliphatic rings. The van der Waals surface area contributed by atoms with Crippen LogP contribution in [0, 0.1) is 6.92 Å². The fourth-order valence-corrected chi connectivity index (χ4v) is 5.64. The number of aryl methyl sites for hydroxylation is 3. The van der Waals surface area contributed by atoms with Crippen LogP contribution in [0.2, 0.25) is 0 Å². The second-order valence-electron chi connectivity index (χ2n) is 7.26. The lowest BCUT2D eigenvalue weighted by molar-refractivity contribution is -0.115. The molecule has 0 bridgehead atoms. The van der Waals surface area contributed by atoms with Crippen molar-refractivity contribution in [3.63, 3.8) is 0 Å². The van der Waals surface area contributed by atoms with Crippen LogP contribution in [0.1, 0.15) is 35.8 Å². The number of hydrogen-bond acceptors (Lipinski definition) is 5. The first-order chi connectivity index (χ1) is 13.4. The molecule has 7 heteroatoms. The number of anilines is 1. The molecule has 0 fully saturated rings. The Labute approximate surface area is 172 Å². The van der Waals surface area contributed by atoms with E-state index in [1.165, 1.54) is 28.6 Å². The summed E-state index contributed by atoms with van der Waals surface area (Å²) in [6, 6.07) is 7.71. The van der Waals surface area contributed by atoms with E-state index in [-0.39, 0.29) is 16.7 Å². The van der Waals surface area contributed by atoms with Gasteiger partial charge in [0.1, 0.15) is 4.83 Å². The second-order valence-corrected chi connectivity index (χ2v) is 9.66. The molecule has 28 heavy (non-hydrogen) atoms. The average molecular weight is 414 g/mol. The molecule has 1 amide bonds. The summed E-state index contributed by atoms with van der Waals surface area (Å²) < 4.78 is 1.59. The number of thioether (sulfide) groups is 1. The molecule has 1 aliphatic carbocycles. The minimum absolute atomic E-state index is 0.00181. The van der Waals surface area contributed by atoms with Gasteiger partial charge in [0.25, 0.3) is 5.56 Å². The topological polar surface area (TPSA) is 64.0 Å². The van der Waals surface area contributed by atoms with Gasteiger partial charge in [-0.2, -0.15) is 0 Å². The number of aromatic nitrogens is 2. The summed E-state index contributed by atoms with van der Waals surface area (Å²) in [5.41, 5.74) is 3.11. The highest BCUT2D eigenvalue weighted by atomic mass is 32.2. The fraction of sp³-hybridized carbons (Fsp3) is 0.381. The normalized spacial score (nSPS) is 14.7. The molecule has 1 atom stereocenters. The molecule has 3 aromatic rings. The average Bonchev–Trinajstić information content (AvgIpc) is 3.05. The van der Waals surface area contributed by atoms with Gasteiger partial charge in [-0.25, -0.2) is 4.98 Å². The number of nitrogens with one attached hydrogen (secondary N) is 1. The molecule has 1 unspecified atom stereocenters. The van der Waals surface area contributed by atoms with Crippen molar-refractivity contribution in [3.05, 3.63) is 50.6 Å². The SMILES string of the molecule is Cc1ccc(NC(=O)C(C)Sc2nc3sc4c(c3c(=O)n2C)CCCC4)cc1. The van der Waals surface area contributed by atoms with Crippen molar-refractivity contribution in [3.8, 4) is 0 Å². The van der Waals surface area contributed by atoms with Crippen LogP contribution in [-0.4, -0.2) is 20.7 Å². The number of fused-ring (bicyclic) bond motifs is 3. The summed E-state index contributed by atoms with van der Waals surface area (Å²) >= 11 is 2.96. The molecule has 0 spiro atoms. The number of carbonyl (C=O) groups excluding carboxylic acids is 1. The van der Waals surface area contributed by atoms with E-state index >= 15 is 0 Å². The maximum Gasteiger partial charge on any atom is 0.262 e. The van der Waals surface area contributed by atoms with Gasteiger partial charge in [-0.05, 0) is 57.2 Å². The number of rotatable bonds is 4. The summed E-state index contributed by atoms with van der Waals surface area (Å²) in [5.74, 6) is -0.103. The van der Waals surface area contributed by atoms with Crippen molar-refractivity contribution >= 4 is 44.9 Å². The molecular formula is C21H23N3O2S2. The Kier molecular flexibility index (Phi) is 5.29. The van der Waals surface area contributed by atoms with Crippen molar-refractivity contribution in [1.29, 1.82) is 0 Å². The Balaban J connectivity index is 1.58. The van der Waals surface area contributed by atoms with E-state index in [2.05, 4.69) is 5.32 Å². The first kappa shape index (κ1) is 19.2. The summed E-state index contributed by atoms with van der Waals surface area (Å²) in [6.07, 6.45) is 4.32. The maximum atomic E-state index is 13.0. The van der Waals surface area contributed by atoms with Gasteiger partial charge >= 0.3 is 0 Å². The van der Waals surface area contributed by atoms with E-state index < -0.39 is 0 Å². The van der Waals surface area contributed by atoms with Gasteiger partial charge in [0.15, 0.2) is 5.16 Å². The van der Waals surface area contributed by atoms with Gasteiger partial charge in [0.2, 0.25) is 5.91 Å². The highest BCUT2D eigenvalue weighted by molar-refractivity contribution is 8.00. The number of benzene rings is 1. The Bertz CT molecular complexity index is 1100. The Morgan fingerprint density at radius 3 is 2.71 bits per heavy atom. The quantitative estimate of drug-likeness (QED) is 0.512. The molecule has 2 heterocycles. The van der Waals surface area contributed by atoms with Crippen molar-refractivity contribution in [2.24, 2.45) is 7.05 Å². The van der Waals surface area contributed by atoms with Crippen LogP contribution in [0.15, 0.2) is 34.2 Å². The van der Waals surface area contributed by atoms with Crippen LogP contribution >= 0.6 is 23.1 Å². The Hall–Kier alpha value is -2.12. The summed E-state index contributed by atoms with van der Waals surface area (Å²) in [6.45, 7) is 3.85. The van der Waals surface area contributed by atoms with Gasteiger partial charge in [0, 0.05) is 17.6 Å². The third-order valence-corrected chi connectivity index (χ3v) is 7.46.